The Bertz CT molecular complexity index is 1260. The SMILES string of the molecule is C=CC(=O)O[C@H](CCC)Oc1ccc2ccccc2c1-c1c(O)ccc2ccccc12. The molecule has 0 spiro atoms. The second kappa shape index (κ2) is 8.92. The van der Waals surface area contributed by atoms with Crippen LogP contribution < -0.4 is 4.74 Å². The van der Waals surface area contributed by atoms with Gasteiger partial charge in [0.1, 0.15) is 11.5 Å². The topological polar surface area (TPSA) is 55.8 Å². The quantitative estimate of drug-likeness (QED) is 0.211. The Balaban J connectivity index is 1.95. The van der Waals surface area contributed by atoms with Crippen molar-refractivity contribution in [1.82, 2.24) is 0 Å². The van der Waals surface area contributed by atoms with Crippen molar-refractivity contribution in [3.63, 3.8) is 0 Å². The number of esters is 1. The number of carbonyl (C=O) groups excluding carboxylic acids is 1. The molecule has 0 aliphatic carbocycles. The van der Waals surface area contributed by atoms with Gasteiger partial charge in [-0.3, -0.25) is 0 Å². The third kappa shape index (κ3) is 4.10. The molecule has 31 heavy (non-hydrogen) atoms. The van der Waals surface area contributed by atoms with Gasteiger partial charge in [0.2, 0.25) is 6.29 Å². The molecule has 4 rings (SSSR count). The van der Waals surface area contributed by atoms with Gasteiger partial charge in [0.05, 0.1) is 0 Å². The molecule has 0 aromatic heterocycles. The number of phenols is 1. The smallest absolute Gasteiger partial charge is 0.333 e. The number of phenolic OH excluding ortho intramolecular Hbond substituents is 1. The number of hydrogen-bond acceptors (Lipinski definition) is 4. The molecule has 0 saturated heterocycles. The minimum absolute atomic E-state index is 0.162. The van der Waals surface area contributed by atoms with Gasteiger partial charge in [0.15, 0.2) is 0 Å². The molecule has 0 unspecified atom stereocenters. The van der Waals surface area contributed by atoms with Gasteiger partial charge in [-0.25, -0.2) is 4.79 Å². The van der Waals surface area contributed by atoms with E-state index >= 15 is 0 Å². The van der Waals surface area contributed by atoms with Crippen molar-refractivity contribution < 1.29 is 19.4 Å². The average molecular weight is 412 g/mol. The van der Waals surface area contributed by atoms with Gasteiger partial charge in [0, 0.05) is 23.6 Å². The zero-order valence-electron chi connectivity index (χ0n) is 17.4. The summed E-state index contributed by atoms with van der Waals surface area (Å²) in [5.41, 5.74) is 1.46. The summed E-state index contributed by atoms with van der Waals surface area (Å²) in [4.78, 5) is 11.8. The maximum Gasteiger partial charge on any atom is 0.333 e. The molecule has 0 saturated carbocycles. The van der Waals surface area contributed by atoms with Gasteiger partial charge in [-0.1, -0.05) is 74.2 Å². The zero-order valence-corrected chi connectivity index (χ0v) is 17.4. The van der Waals surface area contributed by atoms with E-state index < -0.39 is 12.3 Å². The van der Waals surface area contributed by atoms with Crippen molar-refractivity contribution in [1.29, 1.82) is 0 Å². The number of benzene rings is 4. The first-order valence-corrected chi connectivity index (χ1v) is 10.3. The lowest BCUT2D eigenvalue weighted by Gasteiger charge is -2.22. The summed E-state index contributed by atoms with van der Waals surface area (Å²) in [7, 11) is 0. The first-order chi connectivity index (χ1) is 15.1. The Labute approximate surface area is 181 Å². The van der Waals surface area contributed by atoms with Crippen molar-refractivity contribution in [2.24, 2.45) is 0 Å². The van der Waals surface area contributed by atoms with Crippen LogP contribution in [0.1, 0.15) is 19.8 Å². The van der Waals surface area contributed by atoms with E-state index in [0.717, 1.165) is 39.6 Å². The summed E-state index contributed by atoms with van der Waals surface area (Å²) in [6.07, 6.45) is 1.68. The Morgan fingerprint density at radius 3 is 2.19 bits per heavy atom. The number of carbonyl (C=O) groups is 1. The summed E-state index contributed by atoms with van der Waals surface area (Å²) in [6.45, 7) is 5.47. The van der Waals surface area contributed by atoms with Gasteiger partial charge in [-0.05, 0) is 40.1 Å². The molecule has 0 radical (unpaired) electrons. The van der Waals surface area contributed by atoms with Crippen molar-refractivity contribution in [2.75, 3.05) is 0 Å². The van der Waals surface area contributed by atoms with Crippen LogP contribution >= 0.6 is 0 Å². The van der Waals surface area contributed by atoms with E-state index in [1.165, 1.54) is 0 Å². The second-order valence-electron chi connectivity index (χ2n) is 7.32. The van der Waals surface area contributed by atoms with Crippen LogP contribution in [0.4, 0.5) is 0 Å². The summed E-state index contributed by atoms with van der Waals surface area (Å²) in [5.74, 6) is 0.171. The Morgan fingerprint density at radius 2 is 1.55 bits per heavy atom. The summed E-state index contributed by atoms with van der Waals surface area (Å²) < 4.78 is 11.6. The third-order valence-corrected chi connectivity index (χ3v) is 5.24. The van der Waals surface area contributed by atoms with Crippen LogP contribution in [0, 0.1) is 0 Å². The summed E-state index contributed by atoms with van der Waals surface area (Å²) in [5, 5.41) is 14.8. The number of ether oxygens (including phenoxy) is 2. The van der Waals surface area contributed by atoms with E-state index in [0.29, 0.717) is 17.7 Å². The van der Waals surface area contributed by atoms with E-state index in [1.807, 2.05) is 73.7 Å². The zero-order chi connectivity index (χ0) is 21.8. The van der Waals surface area contributed by atoms with E-state index in [1.54, 1.807) is 6.07 Å². The van der Waals surface area contributed by atoms with Crippen LogP contribution in [-0.2, 0) is 9.53 Å². The molecular weight excluding hydrogens is 388 g/mol. The number of fused-ring (bicyclic) bond motifs is 2. The monoisotopic (exact) mass is 412 g/mol. The highest BCUT2D eigenvalue weighted by atomic mass is 16.7. The largest absolute Gasteiger partial charge is 0.507 e. The molecule has 0 aliphatic rings. The summed E-state index contributed by atoms with van der Waals surface area (Å²) in [6, 6.07) is 23.3. The van der Waals surface area contributed by atoms with Gasteiger partial charge >= 0.3 is 5.97 Å². The molecule has 4 aromatic rings. The van der Waals surface area contributed by atoms with Gasteiger partial charge in [-0.15, -0.1) is 0 Å². The highest BCUT2D eigenvalue weighted by molar-refractivity contribution is 6.09. The van der Waals surface area contributed by atoms with Crippen molar-refractivity contribution >= 4 is 27.5 Å². The van der Waals surface area contributed by atoms with Crippen molar-refractivity contribution in [2.45, 2.75) is 26.1 Å². The molecule has 0 amide bonds. The molecule has 4 nitrogen and oxygen atoms in total. The van der Waals surface area contributed by atoms with Gasteiger partial charge in [0.25, 0.3) is 0 Å². The van der Waals surface area contributed by atoms with E-state index in [9.17, 15) is 9.90 Å². The average Bonchev–Trinajstić information content (AvgIpc) is 2.79. The van der Waals surface area contributed by atoms with E-state index in [4.69, 9.17) is 9.47 Å². The molecule has 0 bridgehead atoms. The van der Waals surface area contributed by atoms with Gasteiger partial charge in [-0.2, -0.15) is 0 Å². The number of hydrogen-bond donors (Lipinski definition) is 1. The van der Waals surface area contributed by atoms with Gasteiger partial charge < -0.3 is 14.6 Å². The van der Waals surface area contributed by atoms with Crippen LogP contribution in [0.15, 0.2) is 85.5 Å². The first kappa shape index (κ1) is 20.5. The van der Waals surface area contributed by atoms with Crippen LogP contribution in [0.3, 0.4) is 0 Å². The number of rotatable bonds is 7. The molecule has 0 heterocycles. The number of aromatic hydroxyl groups is 1. The molecule has 1 N–H and O–H groups in total. The first-order valence-electron chi connectivity index (χ1n) is 10.3. The fourth-order valence-electron chi connectivity index (χ4n) is 3.83. The third-order valence-electron chi connectivity index (χ3n) is 5.24. The summed E-state index contributed by atoms with van der Waals surface area (Å²) >= 11 is 0. The minimum Gasteiger partial charge on any atom is -0.507 e. The highest BCUT2D eigenvalue weighted by Gasteiger charge is 2.21. The molecule has 156 valence electrons. The van der Waals surface area contributed by atoms with E-state index in [2.05, 4.69) is 6.58 Å². The maximum atomic E-state index is 11.8. The second-order valence-corrected chi connectivity index (χ2v) is 7.32. The lowest BCUT2D eigenvalue weighted by Crippen LogP contribution is -2.23. The normalized spacial score (nSPS) is 11.9. The lowest BCUT2D eigenvalue weighted by atomic mass is 9.92. The predicted molar refractivity (Wildman–Crippen MR) is 124 cm³/mol. The Morgan fingerprint density at radius 1 is 0.935 bits per heavy atom. The van der Waals surface area contributed by atoms with Crippen LogP contribution in [0.2, 0.25) is 0 Å². The van der Waals surface area contributed by atoms with Crippen molar-refractivity contribution in [3.8, 4) is 22.6 Å². The van der Waals surface area contributed by atoms with Crippen molar-refractivity contribution in [3.05, 3.63) is 85.5 Å². The molecule has 4 heteroatoms. The fourth-order valence-corrected chi connectivity index (χ4v) is 3.83. The standard InChI is InChI=1S/C27H24O4/c1-3-9-25(31-24(29)4-2)30-23-17-15-19-11-6-8-13-21(19)27(23)26-20-12-7-5-10-18(20)14-16-22(26)28/h4-8,10-17,25,28H,2-3,9H2,1H3/t25-/m1/s1. The van der Waals surface area contributed by atoms with Crippen LogP contribution in [-0.4, -0.2) is 17.4 Å². The molecule has 4 aromatic carbocycles. The fraction of sp³-hybridized carbons (Fsp3) is 0.148. The van der Waals surface area contributed by atoms with Crippen LogP contribution in [0.5, 0.6) is 11.5 Å². The Hall–Kier alpha value is -3.79. The molecule has 0 aliphatic heterocycles. The predicted octanol–water partition coefficient (Wildman–Crippen LogP) is 6.60. The van der Waals surface area contributed by atoms with Crippen LogP contribution in [0.25, 0.3) is 32.7 Å². The molecular formula is C27H24O4. The van der Waals surface area contributed by atoms with E-state index in [-0.39, 0.29) is 5.75 Å². The molecule has 0 fully saturated rings. The lowest BCUT2D eigenvalue weighted by molar-refractivity contribution is -0.158. The molecule has 1 atom stereocenters. The minimum atomic E-state index is -0.757. The Kier molecular flexibility index (Phi) is 5.89. The maximum absolute atomic E-state index is 11.8. The highest BCUT2D eigenvalue weighted by Crippen LogP contribution is 2.45.